The second-order valence-electron chi connectivity index (χ2n) is 7.07. The smallest absolute Gasteiger partial charge is 0.244 e. The number of piperidine rings is 1. The zero-order valence-electron chi connectivity index (χ0n) is 14.9. The summed E-state index contributed by atoms with van der Waals surface area (Å²) in [6.45, 7) is 4.02. The second-order valence-corrected chi connectivity index (χ2v) is 8.13. The van der Waals surface area contributed by atoms with Gasteiger partial charge in [0.05, 0.1) is 16.3 Å². The maximum Gasteiger partial charge on any atom is 0.244 e. The summed E-state index contributed by atoms with van der Waals surface area (Å²) in [6, 6.07) is 8.30. The van der Waals surface area contributed by atoms with Gasteiger partial charge in [0, 0.05) is 38.4 Å². The molecule has 2 aromatic rings. The van der Waals surface area contributed by atoms with Crippen molar-refractivity contribution in [1.82, 2.24) is 15.2 Å². The van der Waals surface area contributed by atoms with Crippen LogP contribution in [0, 0.1) is 0 Å². The number of nitrogens with one attached hydrogen (secondary N) is 1. The SMILES string of the molecule is O=C(/C=C/c1nc2ccccc2s1)NC1CCN(CC2CCCO2)CC1. The van der Waals surface area contributed by atoms with Crippen molar-refractivity contribution in [2.24, 2.45) is 0 Å². The molecule has 1 atom stereocenters. The zero-order chi connectivity index (χ0) is 17.8. The minimum absolute atomic E-state index is 0.0261. The Morgan fingerprint density at radius 3 is 2.92 bits per heavy atom. The third-order valence-corrected chi connectivity index (χ3v) is 6.11. The number of amides is 1. The highest BCUT2D eigenvalue weighted by atomic mass is 32.1. The van der Waals surface area contributed by atoms with Crippen LogP contribution in [0.2, 0.25) is 0 Å². The van der Waals surface area contributed by atoms with Gasteiger partial charge in [-0.15, -0.1) is 11.3 Å². The Balaban J connectivity index is 1.23. The first kappa shape index (κ1) is 17.6. The van der Waals surface area contributed by atoms with Crippen LogP contribution in [0.5, 0.6) is 0 Å². The molecule has 1 N–H and O–H groups in total. The molecule has 2 fully saturated rings. The average molecular weight is 372 g/mol. The fraction of sp³-hybridized carbons (Fsp3) is 0.500. The van der Waals surface area contributed by atoms with Gasteiger partial charge in [-0.1, -0.05) is 12.1 Å². The Morgan fingerprint density at radius 2 is 2.15 bits per heavy atom. The molecule has 4 rings (SSSR count). The van der Waals surface area contributed by atoms with Crippen LogP contribution in [0.25, 0.3) is 16.3 Å². The van der Waals surface area contributed by atoms with Crippen LogP contribution in [0.3, 0.4) is 0 Å². The van der Waals surface area contributed by atoms with E-state index in [0.29, 0.717) is 6.10 Å². The van der Waals surface area contributed by atoms with Crippen molar-refractivity contribution in [3.05, 3.63) is 35.3 Å². The number of benzene rings is 1. The lowest BCUT2D eigenvalue weighted by atomic mass is 10.0. The number of ether oxygens (including phenoxy) is 1. The van der Waals surface area contributed by atoms with Crippen molar-refractivity contribution in [3.63, 3.8) is 0 Å². The lowest BCUT2D eigenvalue weighted by Crippen LogP contribution is -2.46. The van der Waals surface area contributed by atoms with Crippen molar-refractivity contribution < 1.29 is 9.53 Å². The van der Waals surface area contributed by atoms with Crippen LogP contribution in [0.1, 0.15) is 30.7 Å². The summed E-state index contributed by atoms with van der Waals surface area (Å²) in [5, 5.41) is 4.00. The van der Waals surface area contributed by atoms with Gasteiger partial charge in [0.25, 0.3) is 0 Å². The third-order valence-electron chi connectivity index (χ3n) is 5.11. The molecule has 138 valence electrons. The van der Waals surface area contributed by atoms with E-state index < -0.39 is 0 Å². The highest BCUT2D eigenvalue weighted by molar-refractivity contribution is 7.19. The van der Waals surface area contributed by atoms with Gasteiger partial charge in [-0.3, -0.25) is 4.79 Å². The first-order valence-electron chi connectivity index (χ1n) is 9.44. The summed E-state index contributed by atoms with van der Waals surface area (Å²) in [4.78, 5) is 19.2. The fourth-order valence-corrected chi connectivity index (χ4v) is 4.56. The molecule has 1 aromatic heterocycles. The number of hydrogen-bond donors (Lipinski definition) is 1. The minimum Gasteiger partial charge on any atom is -0.377 e. The first-order valence-corrected chi connectivity index (χ1v) is 10.3. The number of hydrogen-bond acceptors (Lipinski definition) is 5. The van der Waals surface area contributed by atoms with Crippen molar-refractivity contribution in [2.45, 2.75) is 37.8 Å². The summed E-state index contributed by atoms with van der Waals surface area (Å²) in [7, 11) is 0. The van der Waals surface area contributed by atoms with E-state index in [-0.39, 0.29) is 11.9 Å². The van der Waals surface area contributed by atoms with Crippen LogP contribution in [0.15, 0.2) is 30.3 Å². The molecule has 0 saturated carbocycles. The van der Waals surface area contributed by atoms with E-state index in [2.05, 4.69) is 21.3 Å². The first-order chi connectivity index (χ1) is 12.8. The molecule has 0 aliphatic carbocycles. The van der Waals surface area contributed by atoms with Crippen LogP contribution < -0.4 is 5.32 Å². The molecule has 0 spiro atoms. The highest BCUT2D eigenvalue weighted by Crippen LogP contribution is 2.22. The van der Waals surface area contributed by atoms with Crippen LogP contribution in [-0.2, 0) is 9.53 Å². The van der Waals surface area contributed by atoms with E-state index >= 15 is 0 Å². The second kappa shape index (κ2) is 8.29. The average Bonchev–Trinajstić information content (AvgIpc) is 3.30. The van der Waals surface area contributed by atoms with Crippen LogP contribution in [-0.4, -0.2) is 54.2 Å². The molecule has 1 unspecified atom stereocenters. The van der Waals surface area contributed by atoms with E-state index in [0.717, 1.165) is 54.3 Å². The Hall–Kier alpha value is -1.76. The minimum atomic E-state index is -0.0261. The number of fused-ring (bicyclic) bond motifs is 1. The zero-order valence-corrected chi connectivity index (χ0v) is 15.7. The normalized spacial score (nSPS) is 22.4. The number of likely N-dealkylation sites (tertiary alicyclic amines) is 1. The standard InChI is InChI=1S/C20H25N3O2S/c24-19(7-8-20-22-17-5-1-2-6-18(17)26-20)21-15-9-11-23(12-10-15)14-16-4-3-13-25-16/h1-2,5-8,15-16H,3-4,9-14H2,(H,21,24)/b8-7+. The summed E-state index contributed by atoms with van der Waals surface area (Å²) >= 11 is 1.60. The quantitative estimate of drug-likeness (QED) is 0.821. The van der Waals surface area contributed by atoms with Gasteiger partial charge >= 0.3 is 0 Å². The van der Waals surface area contributed by atoms with Crippen LogP contribution >= 0.6 is 11.3 Å². The Morgan fingerprint density at radius 1 is 1.31 bits per heavy atom. The largest absolute Gasteiger partial charge is 0.377 e. The summed E-state index contributed by atoms with van der Waals surface area (Å²) < 4.78 is 6.86. The topological polar surface area (TPSA) is 54.5 Å². The van der Waals surface area contributed by atoms with E-state index in [4.69, 9.17) is 4.74 Å². The van der Waals surface area contributed by atoms with Crippen molar-refractivity contribution in [3.8, 4) is 0 Å². The highest BCUT2D eigenvalue weighted by Gasteiger charge is 2.24. The monoisotopic (exact) mass is 371 g/mol. The van der Waals surface area contributed by atoms with Gasteiger partial charge in [0.2, 0.25) is 5.91 Å². The van der Waals surface area contributed by atoms with Gasteiger partial charge < -0.3 is 15.0 Å². The van der Waals surface area contributed by atoms with Crippen molar-refractivity contribution >= 4 is 33.5 Å². The number of para-hydroxylation sites is 1. The Labute approximate surface area is 158 Å². The molecular formula is C20H25N3O2S. The molecule has 5 nitrogen and oxygen atoms in total. The van der Waals surface area contributed by atoms with Gasteiger partial charge in [-0.25, -0.2) is 4.98 Å². The maximum absolute atomic E-state index is 12.2. The molecule has 3 heterocycles. The summed E-state index contributed by atoms with van der Waals surface area (Å²) in [6.07, 6.45) is 8.23. The fourth-order valence-electron chi connectivity index (χ4n) is 3.69. The lowest BCUT2D eigenvalue weighted by Gasteiger charge is -2.33. The van der Waals surface area contributed by atoms with E-state index in [1.165, 1.54) is 12.8 Å². The van der Waals surface area contributed by atoms with E-state index in [1.807, 2.05) is 24.3 Å². The van der Waals surface area contributed by atoms with E-state index in [9.17, 15) is 4.79 Å². The molecule has 1 amide bonds. The lowest BCUT2D eigenvalue weighted by molar-refractivity contribution is -0.117. The molecule has 2 aliphatic heterocycles. The van der Waals surface area contributed by atoms with Crippen LogP contribution in [0.4, 0.5) is 0 Å². The Kier molecular flexibility index (Phi) is 5.62. The predicted octanol–water partition coefficient (Wildman–Crippen LogP) is 3.07. The third kappa shape index (κ3) is 4.50. The predicted molar refractivity (Wildman–Crippen MR) is 105 cm³/mol. The Bertz CT molecular complexity index is 741. The number of aromatic nitrogens is 1. The number of rotatable bonds is 5. The molecular weight excluding hydrogens is 346 g/mol. The number of carbonyl (C=O) groups is 1. The van der Waals surface area contributed by atoms with E-state index in [1.54, 1.807) is 17.4 Å². The number of nitrogens with zero attached hydrogens (tertiary/aromatic N) is 2. The molecule has 2 saturated heterocycles. The van der Waals surface area contributed by atoms with Crippen molar-refractivity contribution in [1.29, 1.82) is 0 Å². The van der Waals surface area contributed by atoms with Gasteiger partial charge in [-0.05, 0) is 43.9 Å². The summed E-state index contributed by atoms with van der Waals surface area (Å²) in [5.41, 5.74) is 0.983. The number of thiazole rings is 1. The van der Waals surface area contributed by atoms with Gasteiger partial charge in [0.1, 0.15) is 5.01 Å². The molecule has 1 aromatic carbocycles. The number of carbonyl (C=O) groups excluding carboxylic acids is 1. The summed E-state index contributed by atoms with van der Waals surface area (Å²) in [5.74, 6) is -0.0261. The molecule has 0 bridgehead atoms. The maximum atomic E-state index is 12.2. The molecule has 2 aliphatic rings. The van der Waals surface area contributed by atoms with Crippen molar-refractivity contribution in [2.75, 3.05) is 26.2 Å². The van der Waals surface area contributed by atoms with Gasteiger partial charge in [0.15, 0.2) is 0 Å². The van der Waals surface area contributed by atoms with Gasteiger partial charge in [-0.2, -0.15) is 0 Å². The molecule has 26 heavy (non-hydrogen) atoms. The molecule has 6 heteroatoms. The molecule has 0 radical (unpaired) electrons.